The summed E-state index contributed by atoms with van der Waals surface area (Å²) in [5, 5.41) is 19.5. The standard InChI is InChI=1S/C15H19N3O6/c19-13-5-4-12(18(23)24)9-17(13)10-14(20)16-7-1-2-11(8-16)3-6-15(21)22/h4-5,9,11H,1-3,6-8,10H2,(H,21,22). The van der Waals surface area contributed by atoms with Crippen LogP contribution in [0.3, 0.4) is 0 Å². The third-order valence-electron chi connectivity index (χ3n) is 4.12. The van der Waals surface area contributed by atoms with Gasteiger partial charge in [0.2, 0.25) is 5.91 Å². The fourth-order valence-corrected chi connectivity index (χ4v) is 2.85. The molecule has 0 aliphatic carbocycles. The van der Waals surface area contributed by atoms with Crippen molar-refractivity contribution in [1.82, 2.24) is 9.47 Å². The highest BCUT2D eigenvalue weighted by Gasteiger charge is 2.24. The first-order valence-corrected chi connectivity index (χ1v) is 7.71. The van der Waals surface area contributed by atoms with Crippen LogP contribution in [0.1, 0.15) is 25.7 Å². The summed E-state index contributed by atoms with van der Waals surface area (Å²) in [6.07, 6.45) is 3.28. The predicted octanol–water partition coefficient (Wildman–Crippen LogP) is 0.860. The minimum atomic E-state index is -0.860. The van der Waals surface area contributed by atoms with Crippen LogP contribution in [0, 0.1) is 16.0 Å². The number of nitrogens with zero attached hydrogens (tertiary/aromatic N) is 3. The Morgan fingerprint density at radius 3 is 2.79 bits per heavy atom. The molecule has 0 saturated carbocycles. The zero-order valence-electron chi connectivity index (χ0n) is 13.1. The van der Waals surface area contributed by atoms with E-state index >= 15 is 0 Å². The average molecular weight is 337 g/mol. The number of nitro groups is 1. The number of likely N-dealkylation sites (tertiary alicyclic amines) is 1. The van der Waals surface area contributed by atoms with Gasteiger partial charge in [-0.05, 0) is 25.2 Å². The maximum atomic E-state index is 12.4. The van der Waals surface area contributed by atoms with Gasteiger partial charge >= 0.3 is 5.97 Å². The Hall–Kier alpha value is -2.71. The van der Waals surface area contributed by atoms with Crippen LogP contribution >= 0.6 is 0 Å². The number of rotatable bonds is 6. The highest BCUT2D eigenvalue weighted by Crippen LogP contribution is 2.21. The highest BCUT2D eigenvalue weighted by molar-refractivity contribution is 5.76. The van der Waals surface area contributed by atoms with E-state index in [9.17, 15) is 24.5 Å². The monoisotopic (exact) mass is 337 g/mol. The lowest BCUT2D eigenvalue weighted by atomic mass is 9.93. The predicted molar refractivity (Wildman–Crippen MR) is 83.5 cm³/mol. The molecule has 24 heavy (non-hydrogen) atoms. The van der Waals surface area contributed by atoms with Crippen molar-refractivity contribution in [3.63, 3.8) is 0 Å². The summed E-state index contributed by atoms with van der Waals surface area (Å²) in [6, 6.07) is 2.17. The molecule has 1 atom stereocenters. The molecule has 9 nitrogen and oxygen atoms in total. The number of carbonyl (C=O) groups excluding carboxylic acids is 1. The van der Waals surface area contributed by atoms with E-state index < -0.39 is 16.5 Å². The van der Waals surface area contributed by atoms with E-state index in [0.29, 0.717) is 19.5 Å². The van der Waals surface area contributed by atoms with Crippen LogP contribution in [-0.2, 0) is 16.1 Å². The molecule has 1 fully saturated rings. The lowest BCUT2D eigenvalue weighted by Gasteiger charge is -2.32. The van der Waals surface area contributed by atoms with Crippen LogP contribution < -0.4 is 5.56 Å². The number of hydrogen-bond acceptors (Lipinski definition) is 5. The first-order chi connectivity index (χ1) is 11.4. The molecule has 1 aliphatic heterocycles. The highest BCUT2D eigenvalue weighted by atomic mass is 16.6. The fourth-order valence-electron chi connectivity index (χ4n) is 2.85. The maximum Gasteiger partial charge on any atom is 0.303 e. The number of carboxylic acids is 1. The molecule has 2 heterocycles. The van der Waals surface area contributed by atoms with E-state index in [1.165, 1.54) is 0 Å². The molecule has 1 N–H and O–H groups in total. The second kappa shape index (κ2) is 7.71. The Bertz CT molecular complexity index is 699. The van der Waals surface area contributed by atoms with Gasteiger partial charge < -0.3 is 10.0 Å². The topological polar surface area (TPSA) is 123 Å². The van der Waals surface area contributed by atoms with Crippen molar-refractivity contribution in [2.45, 2.75) is 32.2 Å². The molecule has 1 aromatic rings. The van der Waals surface area contributed by atoms with Crippen molar-refractivity contribution in [2.24, 2.45) is 5.92 Å². The van der Waals surface area contributed by atoms with Crippen LogP contribution in [0.5, 0.6) is 0 Å². The van der Waals surface area contributed by atoms with E-state index in [0.717, 1.165) is 35.7 Å². The maximum absolute atomic E-state index is 12.4. The molecule has 2 rings (SSSR count). The van der Waals surface area contributed by atoms with Gasteiger partial charge in [0.1, 0.15) is 6.54 Å². The van der Waals surface area contributed by atoms with Crippen molar-refractivity contribution in [1.29, 1.82) is 0 Å². The SMILES string of the molecule is O=C(O)CCC1CCCN(C(=O)Cn2cc([N+](=O)[O-])ccc2=O)C1. The van der Waals surface area contributed by atoms with E-state index in [4.69, 9.17) is 5.11 Å². The summed E-state index contributed by atoms with van der Waals surface area (Å²) in [6.45, 7) is 0.744. The van der Waals surface area contributed by atoms with Crippen molar-refractivity contribution >= 4 is 17.6 Å². The second-order valence-corrected chi connectivity index (χ2v) is 5.89. The molecular formula is C15H19N3O6. The zero-order chi connectivity index (χ0) is 17.7. The minimum Gasteiger partial charge on any atom is -0.481 e. The van der Waals surface area contributed by atoms with Crippen molar-refractivity contribution in [3.8, 4) is 0 Å². The average Bonchev–Trinajstić information content (AvgIpc) is 2.55. The van der Waals surface area contributed by atoms with Gasteiger partial charge in [0.25, 0.3) is 11.2 Å². The van der Waals surface area contributed by atoms with E-state index in [2.05, 4.69) is 0 Å². The molecule has 0 aromatic carbocycles. The number of carbonyl (C=O) groups is 2. The van der Waals surface area contributed by atoms with Gasteiger partial charge in [-0.15, -0.1) is 0 Å². The molecule has 0 radical (unpaired) electrons. The lowest BCUT2D eigenvalue weighted by Crippen LogP contribution is -2.42. The molecule has 1 aliphatic rings. The van der Waals surface area contributed by atoms with Gasteiger partial charge in [-0.2, -0.15) is 0 Å². The molecule has 1 aromatic heterocycles. The molecule has 0 spiro atoms. The molecule has 0 bridgehead atoms. The van der Waals surface area contributed by atoms with E-state index in [1.807, 2.05) is 0 Å². The third kappa shape index (κ3) is 4.64. The lowest BCUT2D eigenvalue weighted by molar-refractivity contribution is -0.385. The van der Waals surface area contributed by atoms with Crippen LogP contribution in [0.4, 0.5) is 5.69 Å². The van der Waals surface area contributed by atoms with Crippen molar-refractivity contribution < 1.29 is 19.6 Å². The summed E-state index contributed by atoms with van der Waals surface area (Å²) in [4.78, 5) is 46.5. The number of aliphatic carboxylic acids is 1. The summed E-state index contributed by atoms with van der Waals surface area (Å²) in [5.74, 6) is -1.03. The van der Waals surface area contributed by atoms with Crippen LogP contribution in [-0.4, -0.2) is 44.5 Å². The van der Waals surface area contributed by atoms with Gasteiger partial charge in [0.15, 0.2) is 0 Å². The van der Waals surface area contributed by atoms with Gasteiger partial charge in [0.05, 0.1) is 11.1 Å². The van der Waals surface area contributed by atoms with Gasteiger partial charge in [-0.1, -0.05) is 0 Å². The summed E-state index contributed by atoms with van der Waals surface area (Å²) in [5.41, 5.74) is -0.728. The minimum absolute atomic E-state index is 0.0665. The van der Waals surface area contributed by atoms with Crippen LogP contribution in [0.15, 0.2) is 23.1 Å². The Labute approximate surface area is 137 Å². The summed E-state index contributed by atoms with van der Waals surface area (Å²) in [7, 11) is 0. The largest absolute Gasteiger partial charge is 0.481 e. The third-order valence-corrected chi connectivity index (χ3v) is 4.12. The number of amides is 1. The molecule has 130 valence electrons. The Morgan fingerprint density at radius 1 is 1.38 bits per heavy atom. The van der Waals surface area contributed by atoms with Crippen molar-refractivity contribution in [3.05, 3.63) is 38.8 Å². The Balaban J connectivity index is 2.01. The second-order valence-electron chi connectivity index (χ2n) is 5.89. The van der Waals surface area contributed by atoms with Crippen LogP contribution in [0.25, 0.3) is 0 Å². The Morgan fingerprint density at radius 2 is 2.12 bits per heavy atom. The molecular weight excluding hydrogens is 318 g/mol. The summed E-state index contributed by atoms with van der Waals surface area (Å²) >= 11 is 0. The number of carboxylic acid groups (broad SMARTS) is 1. The normalized spacial score (nSPS) is 17.5. The van der Waals surface area contributed by atoms with Gasteiger partial charge in [-0.25, -0.2) is 0 Å². The molecule has 1 saturated heterocycles. The zero-order valence-corrected chi connectivity index (χ0v) is 13.1. The van der Waals surface area contributed by atoms with E-state index in [-0.39, 0.29) is 30.5 Å². The fraction of sp³-hybridized carbons (Fsp3) is 0.533. The number of piperidine rings is 1. The summed E-state index contributed by atoms with van der Waals surface area (Å²) < 4.78 is 1.03. The quantitative estimate of drug-likeness (QED) is 0.606. The van der Waals surface area contributed by atoms with Gasteiger partial charge in [0, 0.05) is 31.6 Å². The number of pyridine rings is 1. The molecule has 1 unspecified atom stereocenters. The number of aromatic nitrogens is 1. The smallest absolute Gasteiger partial charge is 0.303 e. The van der Waals surface area contributed by atoms with Gasteiger partial charge in [-0.3, -0.25) is 29.1 Å². The van der Waals surface area contributed by atoms with Crippen LogP contribution in [0.2, 0.25) is 0 Å². The van der Waals surface area contributed by atoms with E-state index in [1.54, 1.807) is 4.90 Å². The van der Waals surface area contributed by atoms with Crippen molar-refractivity contribution in [2.75, 3.05) is 13.1 Å². The molecule has 1 amide bonds. The molecule has 9 heteroatoms. The first-order valence-electron chi connectivity index (χ1n) is 7.71. The number of hydrogen-bond donors (Lipinski definition) is 1. The Kier molecular flexibility index (Phi) is 5.67. The first kappa shape index (κ1) is 17.6.